The van der Waals surface area contributed by atoms with Crippen LogP contribution in [0.1, 0.15) is 51.2 Å². The van der Waals surface area contributed by atoms with Crippen LogP contribution < -0.4 is 10.0 Å². The molecule has 2 heterocycles. The number of hydrogen-bond acceptors (Lipinski definition) is 4. The summed E-state index contributed by atoms with van der Waals surface area (Å²) in [4.78, 5) is 0.443. The van der Waals surface area contributed by atoms with Crippen LogP contribution in [0.25, 0.3) is 10.9 Å². The van der Waals surface area contributed by atoms with Gasteiger partial charge in [-0.2, -0.15) is 4.40 Å². The molecule has 176 valence electrons. The fourth-order valence-electron chi connectivity index (χ4n) is 3.89. The Balaban J connectivity index is 1.75. The van der Waals surface area contributed by atoms with E-state index in [-0.39, 0.29) is 0 Å². The highest BCUT2D eigenvalue weighted by atomic mass is 32.2. The molecule has 2 N–H and O–H groups in total. The molecule has 7 nitrogen and oxygen atoms in total. The molecule has 1 aromatic heterocycles. The third-order valence-corrected chi connectivity index (χ3v) is 7.34. The maximum Gasteiger partial charge on any atom is 0.229 e. The van der Waals surface area contributed by atoms with Crippen molar-refractivity contribution in [3.8, 4) is 0 Å². The number of hydrogen-bond donors (Lipinski definition) is 2. The molecule has 3 aromatic rings. The van der Waals surface area contributed by atoms with E-state index in [1.165, 1.54) is 5.56 Å². The summed E-state index contributed by atoms with van der Waals surface area (Å²) in [6.07, 6.45) is 4.22. The number of aromatic nitrogens is 1. The molecule has 4 rings (SSSR count). The molecule has 0 saturated carbocycles. The van der Waals surface area contributed by atoms with Crippen molar-refractivity contribution in [1.82, 2.24) is 4.57 Å². The molecule has 0 spiro atoms. The second-order valence-electron chi connectivity index (χ2n) is 9.25. The summed E-state index contributed by atoms with van der Waals surface area (Å²) in [6, 6.07) is 11.4. The van der Waals surface area contributed by atoms with Gasteiger partial charge in [0.1, 0.15) is 0 Å². The Morgan fingerprint density at radius 3 is 2.55 bits per heavy atom. The van der Waals surface area contributed by atoms with E-state index in [4.69, 9.17) is 0 Å². The molecule has 33 heavy (non-hydrogen) atoms. The smallest absolute Gasteiger partial charge is 0.229 e. The van der Waals surface area contributed by atoms with Gasteiger partial charge in [0.25, 0.3) is 0 Å². The second-order valence-corrected chi connectivity index (χ2v) is 12.1. The molecule has 0 saturated heterocycles. The highest BCUT2D eigenvalue weighted by molar-refractivity contribution is 7.92. The van der Waals surface area contributed by atoms with Crippen molar-refractivity contribution < 1.29 is 12.6 Å². The number of benzene rings is 2. The van der Waals surface area contributed by atoms with Crippen LogP contribution in [-0.2, 0) is 27.6 Å². The van der Waals surface area contributed by atoms with Crippen molar-refractivity contribution in [2.24, 2.45) is 10.3 Å². The normalized spacial score (nSPS) is 16.1. The van der Waals surface area contributed by atoms with Gasteiger partial charge in [-0.15, -0.1) is 0 Å². The SMILES string of the molecule is CC(C)CCn1cc(C2=NS(=O)c3cc(NS(C)(=O)=O)ccc3N2)c2ccc(C(C)C)cc21. The molecule has 0 fully saturated rings. The predicted octanol–water partition coefficient (Wildman–Crippen LogP) is 5.08. The lowest BCUT2D eigenvalue weighted by Gasteiger charge is -2.18. The van der Waals surface area contributed by atoms with Gasteiger partial charge in [-0.25, -0.2) is 12.6 Å². The lowest BCUT2D eigenvalue weighted by Crippen LogP contribution is -2.20. The van der Waals surface area contributed by atoms with Gasteiger partial charge in [-0.05, 0) is 48.1 Å². The fourth-order valence-corrected chi connectivity index (χ4v) is 5.38. The van der Waals surface area contributed by atoms with E-state index >= 15 is 0 Å². The standard InChI is InChI=1S/C24H30N4O3S2/c1-15(2)10-11-28-14-20(19-8-6-17(16(3)4)12-22(19)28)24-25-21-9-7-18(27-33(5,30)31)13-23(21)32(29)26-24/h6-9,12-16,27H,10-11H2,1-5H3,(H,25,26). The topological polar surface area (TPSA) is 92.6 Å². The number of aryl methyl sites for hydroxylation is 1. The van der Waals surface area contributed by atoms with Gasteiger partial charge in [0, 0.05) is 34.9 Å². The van der Waals surface area contributed by atoms with Crippen molar-refractivity contribution in [1.29, 1.82) is 0 Å². The first-order chi connectivity index (χ1) is 15.5. The van der Waals surface area contributed by atoms with Crippen molar-refractivity contribution in [2.45, 2.75) is 51.5 Å². The number of nitrogens with zero attached hydrogens (tertiary/aromatic N) is 2. The number of sulfonamides is 1. The molecule has 0 aliphatic carbocycles. The maximum atomic E-state index is 13.0. The maximum absolute atomic E-state index is 13.0. The lowest BCUT2D eigenvalue weighted by atomic mass is 10.0. The second kappa shape index (κ2) is 8.95. The van der Waals surface area contributed by atoms with Crippen LogP contribution >= 0.6 is 0 Å². The summed E-state index contributed by atoms with van der Waals surface area (Å²) < 4.78 is 45.2. The molecule has 9 heteroatoms. The Morgan fingerprint density at radius 1 is 1.12 bits per heavy atom. The Morgan fingerprint density at radius 2 is 1.88 bits per heavy atom. The van der Waals surface area contributed by atoms with Crippen LogP contribution in [0.15, 0.2) is 51.9 Å². The third-order valence-electron chi connectivity index (χ3n) is 5.68. The van der Waals surface area contributed by atoms with Crippen LogP contribution in [0.5, 0.6) is 0 Å². The third kappa shape index (κ3) is 5.14. The summed E-state index contributed by atoms with van der Waals surface area (Å²) in [5, 5.41) is 4.37. The van der Waals surface area contributed by atoms with E-state index in [0.717, 1.165) is 35.7 Å². The van der Waals surface area contributed by atoms with Crippen molar-refractivity contribution in [3.63, 3.8) is 0 Å². The molecule has 0 radical (unpaired) electrons. The molecule has 0 amide bonds. The molecular weight excluding hydrogens is 456 g/mol. The number of anilines is 2. The van der Waals surface area contributed by atoms with E-state index in [2.05, 4.69) is 71.1 Å². The Bertz CT molecular complexity index is 1370. The average Bonchev–Trinajstić information content (AvgIpc) is 3.09. The van der Waals surface area contributed by atoms with Gasteiger partial charge < -0.3 is 9.88 Å². The van der Waals surface area contributed by atoms with E-state index in [1.54, 1.807) is 18.2 Å². The van der Waals surface area contributed by atoms with E-state index in [0.29, 0.717) is 33.9 Å². The minimum atomic E-state index is -3.43. The van der Waals surface area contributed by atoms with Crippen molar-refractivity contribution >= 4 is 49.1 Å². The molecule has 1 aliphatic rings. The minimum Gasteiger partial charge on any atom is -0.347 e. The van der Waals surface area contributed by atoms with Gasteiger partial charge in [-0.3, -0.25) is 4.72 Å². The molecular formula is C24H30N4O3S2. The summed E-state index contributed by atoms with van der Waals surface area (Å²) >= 11 is 0. The fraction of sp³-hybridized carbons (Fsp3) is 0.375. The van der Waals surface area contributed by atoms with Crippen LogP contribution in [-0.4, -0.2) is 29.3 Å². The number of rotatable bonds is 7. The van der Waals surface area contributed by atoms with Gasteiger partial charge in [-0.1, -0.05) is 39.8 Å². The Hall–Kier alpha value is -2.65. The summed E-state index contributed by atoms with van der Waals surface area (Å²) in [7, 11) is -5.09. The average molecular weight is 487 g/mol. The number of fused-ring (bicyclic) bond motifs is 2. The van der Waals surface area contributed by atoms with Crippen molar-refractivity contribution in [3.05, 3.63) is 53.7 Å². The van der Waals surface area contributed by atoms with E-state index in [9.17, 15) is 12.6 Å². The zero-order valence-electron chi connectivity index (χ0n) is 19.5. The zero-order valence-corrected chi connectivity index (χ0v) is 21.2. The van der Waals surface area contributed by atoms with Gasteiger partial charge in [0.2, 0.25) is 10.0 Å². The van der Waals surface area contributed by atoms with Gasteiger partial charge >= 0.3 is 0 Å². The first-order valence-corrected chi connectivity index (χ1v) is 14.0. The first kappa shape index (κ1) is 23.5. The Labute approximate surface area is 197 Å². The molecule has 1 unspecified atom stereocenters. The molecule has 0 bridgehead atoms. The number of amidine groups is 1. The molecule has 1 aliphatic heterocycles. The minimum absolute atomic E-state index is 0.358. The van der Waals surface area contributed by atoms with E-state index in [1.807, 2.05) is 0 Å². The largest absolute Gasteiger partial charge is 0.347 e. The van der Waals surface area contributed by atoms with Crippen LogP contribution in [0.4, 0.5) is 11.4 Å². The zero-order chi connectivity index (χ0) is 23.9. The van der Waals surface area contributed by atoms with E-state index < -0.39 is 21.0 Å². The summed E-state index contributed by atoms with van der Waals surface area (Å²) in [5.41, 5.74) is 4.33. The highest BCUT2D eigenvalue weighted by Gasteiger charge is 2.23. The lowest BCUT2D eigenvalue weighted by molar-refractivity contribution is 0.524. The quantitative estimate of drug-likeness (QED) is 0.487. The number of nitrogens with one attached hydrogen (secondary N) is 2. The van der Waals surface area contributed by atoms with Crippen LogP contribution in [0, 0.1) is 5.92 Å². The predicted molar refractivity (Wildman–Crippen MR) is 137 cm³/mol. The highest BCUT2D eigenvalue weighted by Crippen LogP contribution is 2.32. The monoisotopic (exact) mass is 486 g/mol. The summed E-state index contributed by atoms with van der Waals surface area (Å²) in [6.45, 7) is 9.69. The summed E-state index contributed by atoms with van der Waals surface area (Å²) in [5.74, 6) is 1.55. The van der Waals surface area contributed by atoms with Crippen molar-refractivity contribution in [2.75, 3.05) is 16.3 Å². The van der Waals surface area contributed by atoms with Gasteiger partial charge in [0.15, 0.2) is 16.8 Å². The molecule has 1 atom stereocenters. The Kier molecular flexibility index (Phi) is 6.37. The first-order valence-electron chi connectivity index (χ1n) is 11.0. The van der Waals surface area contributed by atoms with Crippen LogP contribution in [0.2, 0.25) is 0 Å². The molecule has 2 aromatic carbocycles. The van der Waals surface area contributed by atoms with Crippen LogP contribution in [0.3, 0.4) is 0 Å². The van der Waals surface area contributed by atoms with Gasteiger partial charge in [0.05, 0.1) is 16.8 Å².